The zero-order valence-corrected chi connectivity index (χ0v) is 30.2. The van der Waals surface area contributed by atoms with Crippen molar-refractivity contribution in [1.82, 2.24) is 29.1 Å². The van der Waals surface area contributed by atoms with Gasteiger partial charge in [-0.2, -0.15) is 0 Å². The van der Waals surface area contributed by atoms with E-state index in [1.54, 1.807) is 12.4 Å². The average molecular weight is 717 g/mol. The van der Waals surface area contributed by atoms with Gasteiger partial charge >= 0.3 is 0 Å². The van der Waals surface area contributed by atoms with Crippen LogP contribution in [0.3, 0.4) is 0 Å². The minimum absolute atomic E-state index is 0.803. The zero-order valence-electron chi connectivity index (χ0n) is 30.2. The summed E-state index contributed by atoms with van der Waals surface area (Å²) >= 11 is 0. The van der Waals surface area contributed by atoms with Crippen molar-refractivity contribution in [1.29, 1.82) is 0 Å². The van der Waals surface area contributed by atoms with E-state index in [1.165, 1.54) is 27.4 Å². The van der Waals surface area contributed by atoms with Crippen molar-refractivity contribution in [3.05, 3.63) is 195 Å². The molecule has 11 aromatic rings. The van der Waals surface area contributed by atoms with Gasteiger partial charge in [0.2, 0.25) is 0 Å². The van der Waals surface area contributed by atoms with Crippen LogP contribution in [0.5, 0.6) is 0 Å². The summed E-state index contributed by atoms with van der Waals surface area (Å²) in [7, 11) is 0. The largest absolute Gasteiger partial charge is 0.309 e. The lowest BCUT2D eigenvalue weighted by Crippen LogP contribution is -1.96. The minimum atomic E-state index is 0.803. The van der Waals surface area contributed by atoms with Gasteiger partial charge in [-0.3, -0.25) is 15.0 Å². The van der Waals surface area contributed by atoms with Crippen molar-refractivity contribution in [3.8, 4) is 56.4 Å². The summed E-state index contributed by atoms with van der Waals surface area (Å²) in [6, 6.07) is 61.7. The maximum atomic E-state index is 4.97. The van der Waals surface area contributed by atoms with Crippen molar-refractivity contribution in [3.63, 3.8) is 0 Å². The third kappa shape index (κ3) is 5.19. The van der Waals surface area contributed by atoms with Crippen molar-refractivity contribution >= 4 is 43.7 Å². The number of rotatable bonds is 6. The predicted molar refractivity (Wildman–Crippen MR) is 228 cm³/mol. The Morgan fingerprint density at radius 1 is 0.339 bits per heavy atom. The molecule has 6 nitrogen and oxygen atoms in total. The number of fused-ring (bicyclic) bond motifs is 6. The Balaban J connectivity index is 1.05. The Bertz CT molecular complexity index is 3160. The van der Waals surface area contributed by atoms with Gasteiger partial charge in [0.15, 0.2) is 0 Å². The van der Waals surface area contributed by atoms with Crippen LogP contribution in [0.2, 0.25) is 0 Å². The monoisotopic (exact) mass is 716 g/mol. The van der Waals surface area contributed by atoms with Crippen LogP contribution in [0, 0.1) is 0 Å². The molecule has 0 aliphatic rings. The van der Waals surface area contributed by atoms with Crippen LogP contribution in [0.25, 0.3) is 100 Å². The van der Waals surface area contributed by atoms with Crippen molar-refractivity contribution in [2.24, 2.45) is 0 Å². The van der Waals surface area contributed by atoms with Gasteiger partial charge in [0, 0.05) is 51.7 Å². The number of pyridine rings is 4. The standard InChI is InChI=1S/C50H32N6/c1-2-12-36(13-3-1)56-46-19-5-4-14-39(46)40-16-10-15-38(50(40)56)34-23-26-47-41(30-34)49-48(20-11-29-53-49)55(47)37-24-21-33(22-25-37)35-31-44(42-17-6-8-27-51-42)54-45(32-35)43-18-7-9-28-52-43/h1-32H. The second-order valence-corrected chi connectivity index (χ2v) is 13.9. The summed E-state index contributed by atoms with van der Waals surface area (Å²) < 4.78 is 4.71. The normalized spacial score (nSPS) is 11.6. The first-order valence-electron chi connectivity index (χ1n) is 18.7. The van der Waals surface area contributed by atoms with E-state index < -0.39 is 0 Å². The highest BCUT2D eigenvalue weighted by Gasteiger charge is 2.19. The SMILES string of the molecule is c1ccc(-n2c3ccccc3c3cccc(-c4ccc5c(c4)c4ncccc4n5-c4ccc(-c5cc(-c6ccccn6)nc(-c6ccccn6)c5)cc4)c32)cc1. The van der Waals surface area contributed by atoms with Gasteiger partial charge in [0.1, 0.15) is 0 Å². The molecule has 56 heavy (non-hydrogen) atoms. The summed E-state index contributed by atoms with van der Waals surface area (Å²) in [5.74, 6) is 0. The molecule has 0 aliphatic heterocycles. The molecule has 262 valence electrons. The number of aromatic nitrogens is 6. The van der Waals surface area contributed by atoms with Crippen LogP contribution in [-0.2, 0) is 0 Å². The Labute approximate surface area is 322 Å². The van der Waals surface area contributed by atoms with Crippen molar-refractivity contribution in [2.75, 3.05) is 0 Å². The molecular formula is C50H32N6. The maximum absolute atomic E-state index is 4.97. The summed E-state index contributed by atoms with van der Waals surface area (Å²) in [5, 5.41) is 3.58. The maximum Gasteiger partial charge on any atom is 0.0963 e. The molecule has 0 saturated carbocycles. The summed E-state index contributed by atoms with van der Waals surface area (Å²) in [5.41, 5.74) is 15.4. The van der Waals surface area contributed by atoms with Crippen molar-refractivity contribution < 1.29 is 0 Å². The highest BCUT2D eigenvalue weighted by molar-refractivity contribution is 6.15. The second-order valence-electron chi connectivity index (χ2n) is 13.9. The molecule has 0 spiro atoms. The molecule has 11 rings (SSSR count). The molecule has 0 radical (unpaired) electrons. The average Bonchev–Trinajstić information content (AvgIpc) is 3.80. The van der Waals surface area contributed by atoms with E-state index in [2.05, 4.69) is 153 Å². The molecule has 0 N–H and O–H groups in total. The van der Waals surface area contributed by atoms with Gasteiger partial charge in [0.25, 0.3) is 0 Å². The molecule has 0 unspecified atom stereocenters. The highest BCUT2D eigenvalue weighted by atomic mass is 15.0. The van der Waals surface area contributed by atoms with Crippen LogP contribution in [-0.4, -0.2) is 29.1 Å². The highest BCUT2D eigenvalue weighted by Crippen LogP contribution is 2.40. The van der Waals surface area contributed by atoms with Crippen LogP contribution in [0.15, 0.2) is 195 Å². The van der Waals surface area contributed by atoms with E-state index in [0.717, 1.165) is 72.8 Å². The molecule has 0 atom stereocenters. The molecule has 6 heterocycles. The Morgan fingerprint density at radius 3 is 1.71 bits per heavy atom. The zero-order chi connectivity index (χ0) is 37.0. The van der Waals surface area contributed by atoms with Crippen molar-refractivity contribution in [2.45, 2.75) is 0 Å². The lowest BCUT2D eigenvalue weighted by atomic mass is 10.0. The van der Waals surface area contributed by atoms with Gasteiger partial charge in [-0.15, -0.1) is 0 Å². The first kappa shape index (κ1) is 31.8. The summed E-state index contributed by atoms with van der Waals surface area (Å²) in [6.07, 6.45) is 5.48. The molecule has 6 heteroatoms. The molecule has 6 aromatic heterocycles. The molecule has 0 bridgehead atoms. The number of benzene rings is 5. The van der Waals surface area contributed by atoms with Gasteiger partial charge in [-0.1, -0.05) is 84.9 Å². The van der Waals surface area contributed by atoms with Crippen LogP contribution in [0.1, 0.15) is 0 Å². The fourth-order valence-electron chi connectivity index (χ4n) is 8.17. The van der Waals surface area contributed by atoms with E-state index >= 15 is 0 Å². The minimum Gasteiger partial charge on any atom is -0.309 e. The number of hydrogen-bond donors (Lipinski definition) is 0. The Kier molecular flexibility index (Phi) is 7.38. The van der Waals surface area contributed by atoms with Gasteiger partial charge < -0.3 is 9.13 Å². The van der Waals surface area contributed by atoms with Crippen LogP contribution < -0.4 is 0 Å². The van der Waals surface area contributed by atoms with Crippen LogP contribution >= 0.6 is 0 Å². The summed E-state index contributed by atoms with van der Waals surface area (Å²) in [4.78, 5) is 19.1. The van der Waals surface area contributed by atoms with E-state index in [4.69, 9.17) is 9.97 Å². The second kappa shape index (κ2) is 13.0. The summed E-state index contributed by atoms with van der Waals surface area (Å²) in [6.45, 7) is 0. The van der Waals surface area contributed by atoms with E-state index in [-0.39, 0.29) is 0 Å². The number of nitrogens with zero attached hydrogens (tertiary/aromatic N) is 6. The third-order valence-corrected chi connectivity index (χ3v) is 10.7. The number of para-hydroxylation sites is 3. The molecule has 0 saturated heterocycles. The first-order chi connectivity index (χ1) is 27.8. The van der Waals surface area contributed by atoms with Gasteiger partial charge in [-0.05, 0) is 108 Å². The smallest absolute Gasteiger partial charge is 0.0963 e. The molecule has 0 aliphatic carbocycles. The van der Waals surface area contributed by atoms with E-state index in [0.29, 0.717) is 0 Å². The fourth-order valence-corrected chi connectivity index (χ4v) is 8.17. The van der Waals surface area contributed by atoms with Gasteiger partial charge in [0.05, 0.1) is 50.4 Å². The van der Waals surface area contributed by atoms with Gasteiger partial charge in [-0.25, -0.2) is 4.98 Å². The Hall–Kier alpha value is -7.70. The molecular weight excluding hydrogens is 685 g/mol. The third-order valence-electron chi connectivity index (χ3n) is 10.7. The number of hydrogen-bond acceptors (Lipinski definition) is 4. The van der Waals surface area contributed by atoms with Crippen LogP contribution in [0.4, 0.5) is 0 Å². The van der Waals surface area contributed by atoms with E-state index in [9.17, 15) is 0 Å². The topological polar surface area (TPSA) is 61.4 Å². The lowest BCUT2D eigenvalue weighted by molar-refractivity contribution is 1.17. The fraction of sp³-hybridized carbons (Fsp3) is 0. The Morgan fingerprint density at radius 2 is 0.964 bits per heavy atom. The predicted octanol–water partition coefficient (Wildman–Crippen LogP) is 12.1. The van der Waals surface area contributed by atoms with E-state index in [1.807, 2.05) is 48.7 Å². The lowest BCUT2D eigenvalue weighted by Gasteiger charge is -2.13. The first-order valence-corrected chi connectivity index (χ1v) is 18.7. The molecule has 5 aromatic carbocycles. The molecule has 0 amide bonds. The quantitative estimate of drug-likeness (QED) is 0.172. The molecule has 0 fully saturated rings.